The van der Waals surface area contributed by atoms with Crippen LogP contribution in [0.3, 0.4) is 0 Å². The van der Waals surface area contributed by atoms with Gasteiger partial charge in [0, 0.05) is 26.3 Å². The predicted molar refractivity (Wildman–Crippen MR) is 105 cm³/mol. The first-order valence-corrected chi connectivity index (χ1v) is 11.7. The van der Waals surface area contributed by atoms with Crippen molar-refractivity contribution < 1.29 is 22.0 Å². The third kappa shape index (κ3) is 5.43. The molecule has 27 heavy (non-hydrogen) atoms. The highest BCUT2D eigenvalue weighted by molar-refractivity contribution is 7.95. The Hall–Kier alpha value is -1.65. The molecule has 0 unspecified atom stereocenters. The summed E-state index contributed by atoms with van der Waals surface area (Å²) in [5.41, 5.74) is 0.124. The SMILES string of the molecule is COP(=O)(CC(=C(C#N)S(=O)(=O)c1ccccc1)N(C(C)C)C(C)C)OC. The molecular weight excluding hydrogens is 387 g/mol. The van der Waals surface area contributed by atoms with E-state index in [0.717, 1.165) is 0 Å². The lowest BCUT2D eigenvalue weighted by molar-refractivity contribution is 0.224. The van der Waals surface area contributed by atoms with Gasteiger partial charge in [0.05, 0.1) is 16.8 Å². The molecule has 0 aliphatic heterocycles. The first-order chi connectivity index (χ1) is 12.5. The van der Waals surface area contributed by atoms with Crippen LogP contribution in [0.2, 0.25) is 0 Å². The minimum absolute atomic E-state index is 0.00354. The van der Waals surface area contributed by atoms with Crippen LogP contribution in [-0.4, -0.2) is 45.8 Å². The number of nitriles is 1. The highest BCUT2D eigenvalue weighted by Gasteiger charge is 2.35. The Morgan fingerprint density at radius 2 is 1.59 bits per heavy atom. The summed E-state index contributed by atoms with van der Waals surface area (Å²) in [6.45, 7) is 7.48. The molecule has 0 saturated carbocycles. The highest BCUT2D eigenvalue weighted by atomic mass is 32.2. The van der Waals surface area contributed by atoms with E-state index in [2.05, 4.69) is 0 Å². The standard InChI is InChI=1S/C18H27N2O5PS/c1-14(2)20(15(3)4)17(13-26(21,24-5)25-6)18(12-19)27(22,23)16-10-8-7-9-11-16/h7-11,14-15H,13H2,1-6H3. The van der Waals surface area contributed by atoms with Gasteiger partial charge in [-0.25, -0.2) is 8.42 Å². The molecule has 0 bridgehead atoms. The zero-order chi connectivity index (χ0) is 20.8. The lowest BCUT2D eigenvalue weighted by atomic mass is 10.2. The van der Waals surface area contributed by atoms with E-state index in [1.54, 1.807) is 23.1 Å². The van der Waals surface area contributed by atoms with E-state index in [1.807, 2.05) is 33.8 Å². The fraction of sp³-hybridized carbons (Fsp3) is 0.500. The molecular formula is C18H27N2O5PS. The Balaban J connectivity index is 3.81. The van der Waals surface area contributed by atoms with Crippen LogP contribution in [0.1, 0.15) is 27.7 Å². The van der Waals surface area contributed by atoms with Crippen LogP contribution in [0.15, 0.2) is 45.8 Å². The number of benzene rings is 1. The first-order valence-electron chi connectivity index (χ1n) is 8.46. The van der Waals surface area contributed by atoms with Crippen molar-refractivity contribution in [2.45, 2.75) is 44.7 Å². The zero-order valence-corrected chi connectivity index (χ0v) is 18.3. The molecule has 0 saturated heterocycles. The van der Waals surface area contributed by atoms with Gasteiger partial charge in [0.1, 0.15) is 6.07 Å². The highest BCUT2D eigenvalue weighted by Crippen LogP contribution is 2.49. The smallest absolute Gasteiger partial charge is 0.336 e. The van der Waals surface area contributed by atoms with Gasteiger partial charge in [-0.15, -0.1) is 0 Å². The van der Waals surface area contributed by atoms with Gasteiger partial charge in [0.25, 0.3) is 0 Å². The molecule has 0 aliphatic carbocycles. The van der Waals surface area contributed by atoms with E-state index >= 15 is 0 Å². The van der Waals surface area contributed by atoms with Gasteiger partial charge in [-0.2, -0.15) is 5.26 Å². The summed E-state index contributed by atoms with van der Waals surface area (Å²) in [6, 6.07) is 9.23. The average Bonchev–Trinajstić information content (AvgIpc) is 2.62. The predicted octanol–water partition coefficient (Wildman–Crippen LogP) is 3.80. The van der Waals surface area contributed by atoms with Crippen molar-refractivity contribution in [1.29, 1.82) is 5.26 Å². The zero-order valence-electron chi connectivity index (χ0n) is 16.5. The topological polar surface area (TPSA) is 96.7 Å². The van der Waals surface area contributed by atoms with Crippen LogP contribution in [0.4, 0.5) is 0 Å². The number of nitrogens with zero attached hydrogens (tertiary/aromatic N) is 2. The van der Waals surface area contributed by atoms with Crippen LogP contribution >= 0.6 is 7.60 Å². The Morgan fingerprint density at radius 3 is 1.96 bits per heavy atom. The van der Waals surface area contributed by atoms with Crippen molar-refractivity contribution in [2.24, 2.45) is 0 Å². The van der Waals surface area contributed by atoms with Gasteiger partial charge in [-0.1, -0.05) is 18.2 Å². The Bertz CT molecular complexity index is 841. The Kier molecular flexibility index (Phi) is 8.24. The maximum atomic E-state index is 13.1. The van der Waals surface area contributed by atoms with Gasteiger partial charge in [-0.3, -0.25) is 4.57 Å². The molecule has 0 spiro atoms. The number of hydrogen-bond acceptors (Lipinski definition) is 7. The number of allylic oxidation sites excluding steroid dienone is 2. The summed E-state index contributed by atoms with van der Waals surface area (Å²) in [5.74, 6) is 0. The third-order valence-electron chi connectivity index (χ3n) is 4.01. The van der Waals surface area contributed by atoms with Crippen molar-refractivity contribution in [3.63, 3.8) is 0 Å². The van der Waals surface area contributed by atoms with Crippen molar-refractivity contribution in [3.05, 3.63) is 40.9 Å². The second-order valence-electron chi connectivity index (χ2n) is 6.43. The monoisotopic (exact) mass is 414 g/mol. The maximum absolute atomic E-state index is 13.1. The van der Waals surface area contributed by atoms with E-state index in [0.29, 0.717) is 0 Å². The molecule has 7 nitrogen and oxygen atoms in total. The molecule has 1 rings (SSSR count). The molecule has 0 amide bonds. The largest absolute Gasteiger partial charge is 0.368 e. The molecule has 0 heterocycles. The minimum atomic E-state index is -4.11. The van der Waals surface area contributed by atoms with Gasteiger partial charge >= 0.3 is 7.60 Å². The Labute approximate surface area is 162 Å². The second-order valence-corrected chi connectivity index (χ2v) is 10.6. The van der Waals surface area contributed by atoms with Crippen LogP contribution in [0, 0.1) is 11.3 Å². The minimum Gasteiger partial charge on any atom is -0.368 e. The summed E-state index contributed by atoms with van der Waals surface area (Å²) >= 11 is 0. The van der Waals surface area contributed by atoms with E-state index < -0.39 is 22.3 Å². The van der Waals surface area contributed by atoms with E-state index in [-0.39, 0.29) is 28.8 Å². The quantitative estimate of drug-likeness (QED) is 0.448. The van der Waals surface area contributed by atoms with Crippen molar-refractivity contribution >= 4 is 17.4 Å². The fourth-order valence-electron chi connectivity index (χ4n) is 2.87. The second kappa shape index (κ2) is 9.52. The molecule has 0 atom stereocenters. The van der Waals surface area contributed by atoms with Gasteiger partial charge < -0.3 is 13.9 Å². The summed E-state index contributed by atoms with van der Waals surface area (Å²) in [7, 11) is -5.26. The Morgan fingerprint density at radius 1 is 1.11 bits per heavy atom. The first kappa shape index (κ1) is 23.4. The summed E-state index contributed by atoms with van der Waals surface area (Å²) in [4.78, 5) is 1.30. The lowest BCUT2D eigenvalue weighted by Gasteiger charge is -2.36. The summed E-state index contributed by atoms with van der Waals surface area (Å²) < 4.78 is 49.1. The molecule has 0 fully saturated rings. The molecule has 150 valence electrons. The molecule has 0 aromatic heterocycles. The van der Waals surface area contributed by atoms with Crippen LogP contribution in [0.5, 0.6) is 0 Å². The normalized spacial score (nSPS) is 13.4. The number of hydrogen-bond donors (Lipinski definition) is 0. The van der Waals surface area contributed by atoms with Crippen molar-refractivity contribution in [1.82, 2.24) is 4.90 Å². The fourth-order valence-corrected chi connectivity index (χ4v) is 5.44. The average molecular weight is 414 g/mol. The molecule has 9 heteroatoms. The summed E-state index contributed by atoms with van der Waals surface area (Å²) in [5, 5.41) is 9.76. The van der Waals surface area contributed by atoms with Gasteiger partial charge in [0.15, 0.2) is 4.91 Å². The van der Waals surface area contributed by atoms with Crippen LogP contribution in [-0.2, 0) is 23.4 Å². The third-order valence-corrected chi connectivity index (χ3v) is 7.57. The van der Waals surface area contributed by atoms with E-state index in [9.17, 15) is 18.2 Å². The van der Waals surface area contributed by atoms with Crippen molar-refractivity contribution in [2.75, 3.05) is 20.4 Å². The van der Waals surface area contributed by atoms with E-state index in [1.165, 1.54) is 26.4 Å². The molecule has 1 aromatic carbocycles. The van der Waals surface area contributed by atoms with Crippen molar-refractivity contribution in [3.8, 4) is 6.07 Å². The number of rotatable bonds is 9. The lowest BCUT2D eigenvalue weighted by Crippen LogP contribution is -2.39. The summed E-state index contributed by atoms with van der Waals surface area (Å²) in [6.07, 6.45) is -0.328. The van der Waals surface area contributed by atoms with Crippen LogP contribution in [0.25, 0.3) is 0 Å². The van der Waals surface area contributed by atoms with Gasteiger partial charge in [-0.05, 0) is 39.8 Å². The molecule has 1 aromatic rings. The van der Waals surface area contributed by atoms with Gasteiger partial charge in [0.2, 0.25) is 9.84 Å². The maximum Gasteiger partial charge on any atom is 0.336 e. The molecule has 0 N–H and O–H groups in total. The van der Waals surface area contributed by atoms with Crippen LogP contribution < -0.4 is 0 Å². The molecule has 0 radical (unpaired) electrons. The number of sulfone groups is 1. The molecule has 0 aliphatic rings. The van der Waals surface area contributed by atoms with E-state index in [4.69, 9.17) is 9.05 Å².